The molecule has 1 saturated carbocycles. The number of hydrogen-bond acceptors (Lipinski definition) is 3. The minimum absolute atomic E-state index is 0.136. The molecule has 2 atom stereocenters. The number of methoxy groups -OCH3 is 2. The maximum Gasteiger partial charge on any atom is 0.305 e. The van der Waals surface area contributed by atoms with E-state index in [0.717, 1.165) is 24.2 Å². The largest absolute Gasteiger partial charge is 0.496 e. The Morgan fingerprint density at radius 1 is 1.30 bits per heavy atom. The lowest BCUT2D eigenvalue weighted by Gasteiger charge is -2.32. The highest BCUT2D eigenvalue weighted by Crippen LogP contribution is 2.43. The molecule has 2 unspecified atom stereocenters. The van der Waals surface area contributed by atoms with Crippen molar-refractivity contribution in [3.05, 3.63) is 28.8 Å². The first kappa shape index (κ1) is 15.2. The van der Waals surface area contributed by atoms with Crippen LogP contribution in [0.5, 0.6) is 5.75 Å². The molecule has 1 aromatic rings. The van der Waals surface area contributed by atoms with E-state index in [1.54, 1.807) is 7.11 Å². The zero-order valence-electron chi connectivity index (χ0n) is 12.0. The molecule has 0 spiro atoms. The molecule has 110 valence electrons. The number of carbonyl (C=O) groups excluding carboxylic acids is 1. The molecule has 3 nitrogen and oxygen atoms in total. The second kappa shape index (κ2) is 6.98. The third kappa shape index (κ3) is 3.45. The van der Waals surface area contributed by atoms with Gasteiger partial charge in [-0.3, -0.25) is 4.79 Å². The van der Waals surface area contributed by atoms with Gasteiger partial charge < -0.3 is 9.47 Å². The van der Waals surface area contributed by atoms with Crippen molar-refractivity contribution in [3.63, 3.8) is 0 Å². The van der Waals surface area contributed by atoms with Crippen LogP contribution in [0.3, 0.4) is 0 Å². The number of ether oxygens (including phenoxy) is 2. The molecule has 0 bridgehead atoms. The first-order valence-corrected chi connectivity index (χ1v) is 7.43. The topological polar surface area (TPSA) is 35.5 Å². The number of benzene rings is 1. The fourth-order valence-corrected chi connectivity index (χ4v) is 3.33. The predicted molar refractivity (Wildman–Crippen MR) is 79.3 cm³/mol. The van der Waals surface area contributed by atoms with Crippen molar-refractivity contribution in [2.24, 2.45) is 5.92 Å². The van der Waals surface area contributed by atoms with E-state index in [1.165, 1.54) is 20.0 Å². The average molecular weight is 297 g/mol. The smallest absolute Gasteiger partial charge is 0.305 e. The average Bonchev–Trinajstić information content (AvgIpc) is 2.47. The second-order valence-corrected chi connectivity index (χ2v) is 5.75. The molecule has 1 fully saturated rings. The first-order chi connectivity index (χ1) is 9.65. The Hall–Kier alpha value is -1.22. The standard InChI is InChI=1S/C16H21ClO3/c1-19-15-8-7-12(17)10-14(15)13-6-4-3-5-11(13)9-16(18)20-2/h7-8,10-11,13H,3-6,9H2,1-2H3. The van der Waals surface area contributed by atoms with Crippen LogP contribution in [0.4, 0.5) is 0 Å². The molecule has 4 heteroatoms. The Morgan fingerprint density at radius 2 is 2.05 bits per heavy atom. The van der Waals surface area contributed by atoms with Crippen molar-refractivity contribution in [2.45, 2.75) is 38.0 Å². The molecule has 2 rings (SSSR count). The quantitative estimate of drug-likeness (QED) is 0.782. The molecule has 1 aromatic carbocycles. The molecule has 0 aliphatic heterocycles. The summed E-state index contributed by atoms with van der Waals surface area (Å²) < 4.78 is 10.3. The van der Waals surface area contributed by atoms with Crippen molar-refractivity contribution in [3.8, 4) is 5.75 Å². The number of carbonyl (C=O) groups is 1. The molecule has 0 heterocycles. The highest BCUT2D eigenvalue weighted by molar-refractivity contribution is 6.30. The van der Waals surface area contributed by atoms with E-state index in [0.29, 0.717) is 23.3 Å². The van der Waals surface area contributed by atoms with E-state index in [9.17, 15) is 4.79 Å². The highest BCUT2D eigenvalue weighted by atomic mass is 35.5. The van der Waals surface area contributed by atoms with Crippen LogP contribution in [0.25, 0.3) is 0 Å². The van der Waals surface area contributed by atoms with Gasteiger partial charge in [0.15, 0.2) is 0 Å². The number of hydrogen-bond donors (Lipinski definition) is 0. The van der Waals surface area contributed by atoms with Crippen LogP contribution < -0.4 is 4.74 Å². The molecular weight excluding hydrogens is 276 g/mol. The highest BCUT2D eigenvalue weighted by Gasteiger charge is 2.30. The minimum atomic E-state index is -0.136. The van der Waals surface area contributed by atoms with Crippen LogP contribution in [0.2, 0.25) is 5.02 Å². The molecule has 0 radical (unpaired) electrons. The molecule has 0 aromatic heterocycles. The van der Waals surface area contributed by atoms with Gasteiger partial charge in [0.1, 0.15) is 5.75 Å². The van der Waals surface area contributed by atoms with Crippen molar-refractivity contribution in [2.75, 3.05) is 14.2 Å². The third-order valence-corrected chi connectivity index (χ3v) is 4.39. The number of esters is 1. The van der Waals surface area contributed by atoms with Crippen molar-refractivity contribution < 1.29 is 14.3 Å². The summed E-state index contributed by atoms with van der Waals surface area (Å²) in [5.74, 6) is 1.35. The lowest BCUT2D eigenvalue weighted by molar-refractivity contribution is -0.142. The van der Waals surface area contributed by atoms with Gasteiger partial charge >= 0.3 is 5.97 Å². The fraction of sp³-hybridized carbons (Fsp3) is 0.562. The van der Waals surface area contributed by atoms with Gasteiger partial charge in [0.05, 0.1) is 14.2 Å². The molecule has 20 heavy (non-hydrogen) atoms. The summed E-state index contributed by atoms with van der Waals surface area (Å²) >= 11 is 6.13. The van der Waals surface area contributed by atoms with Crippen molar-refractivity contribution >= 4 is 17.6 Å². The van der Waals surface area contributed by atoms with Crippen LogP contribution in [0.15, 0.2) is 18.2 Å². The summed E-state index contributed by atoms with van der Waals surface area (Å²) in [6, 6.07) is 5.71. The van der Waals surface area contributed by atoms with Gasteiger partial charge in [-0.15, -0.1) is 0 Å². The van der Waals surface area contributed by atoms with E-state index < -0.39 is 0 Å². The van der Waals surface area contributed by atoms with Crippen LogP contribution in [-0.2, 0) is 9.53 Å². The summed E-state index contributed by atoms with van der Waals surface area (Å²) in [5.41, 5.74) is 1.12. The molecule has 1 aliphatic rings. The summed E-state index contributed by atoms with van der Waals surface area (Å²) in [6.45, 7) is 0. The molecular formula is C16H21ClO3. The lowest BCUT2D eigenvalue weighted by atomic mass is 9.74. The van der Waals surface area contributed by atoms with E-state index in [4.69, 9.17) is 21.1 Å². The minimum Gasteiger partial charge on any atom is -0.496 e. The second-order valence-electron chi connectivity index (χ2n) is 5.32. The fourth-order valence-electron chi connectivity index (χ4n) is 3.15. The van der Waals surface area contributed by atoms with Gasteiger partial charge in [0.2, 0.25) is 0 Å². The monoisotopic (exact) mass is 296 g/mol. The van der Waals surface area contributed by atoms with Gasteiger partial charge in [-0.2, -0.15) is 0 Å². The van der Waals surface area contributed by atoms with Gasteiger partial charge in [-0.05, 0) is 48.4 Å². The lowest BCUT2D eigenvalue weighted by Crippen LogP contribution is -2.22. The zero-order chi connectivity index (χ0) is 14.5. The van der Waals surface area contributed by atoms with Crippen LogP contribution in [0, 0.1) is 5.92 Å². The van der Waals surface area contributed by atoms with Gasteiger partial charge in [0.25, 0.3) is 0 Å². The summed E-state index contributed by atoms with van der Waals surface area (Å²) in [4.78, 5) is 11.6. The maximum atomic E-state index is 11.6. The number of rotatable bonds is 4. The van der Waals surface area contributed by atoms with Crippen LogP contribution >= 0.6 is 11.6 Å². The SMILES string of the molecule is COC(=O)CC1CCCCC1c1cc(Cl)ccc1OC. The Bertz CT molecular complexity index is 473. The van der Waals surface area contributed by atoms with E-state index >= 15 is 0 Å². The Labute approximate surface area is 125 Å². The predicted octanol–water partition coefficient (Wildman–Crippen LogP) is 4.19. The van der Waals surface area contributed by atoms with Gasteiger partial charge in [-0.1, -0.05) is 24.4 Å². The number of halogens is 1. The third-order valence-electron chi connectivity index (χ3n) is 4.16. The van der Waals surface area contributed by atoms with E-state index in [2.05, 4.69) is 0 Å². The molecule has 0 saturated heterocycles. The summed E-state index contributed by atoms with van der Waals surface area (Å²) in [6.07, 6.45) is 4.93. The van der Waals surface area contributed by atoms with Crippen molar-refractivity contribution in [1.82, 2.24) is 0 Å². The molecule has 1 aliphatic carbocycles. The van der Waals surface area contributed by atoms with Crippen molar-refractivity contribution in [1.29, 1.82) is 0 Å². The summed E-state index contributed by atoms with van der Waals surface area (Å²) in [7, 11) is 3.12. The normalized spacial score (nSPS) is 22.4. The zero-order valence-corrected chi connectivity index (χ0v) is 12.8. The van der Waals surface area contributed by atoms with E-state index in [1.807, 2.05) is 18.2 Å². The Kier molecular flexibility index (Phi) is 5.30. The Balaban J connectivity index is 2.27. The summed E-state index contributed by atoms with van der Waals surface area (Å²) in [5, 5.41) is 0.711. The molecule has 0 amide bonds. The Morgan fingerprint density at radius 3 is 2.75 bits per heavy atom. The maximum absolute atomic E-state index is 11.6. The molecule has 0 N–H and O–H groups in total. The van der Waals surface area contributed by atoms with Crippen LogP contribution in [-0.4, -0.2) is 20.2 Å². The van der Waals surface area contributed by atoms with Crippen LogP contribution in [0.1, 0.15) is 43.6 Å². The van der Waals surface area contributed by atoms with Gasteiger partial charge in [0, 0.05) is 11.4 Å². The first-order valence-electron chi connectivity index (χ1n) is 7.06. The van der Waals surface area contributed by atoms with Gasteiger partial charge in [-0.25, -0.2) is 0 Å². The van der Waals surface area contributed by atoms with E-state index in [-0.39, 0.29) is 5.97 Å².